The van der Waals surface area contributed by atoms with Crippen LogP contribution in [0.3, 0.4) is 0 Å². The van der Waals surface area contributed by atoms with Crippen molar-refractivity contribution in [2.45, 2.75) is 19.9 Å². The van der Waals surface area contributed by atoms with E-state index in [4.69, 9.17) is 9.63 Å². The van der Waals surface area contributed by atoms with Gasteiger partial charge >= 0.3 is 5.97 Å². The first-order valence-corrected chi connectivity index (χ1v) is 4.03. The molecule has 1 rings (SSSR count). The standard InChI is InChI=1S/C8H12N2O3/c1-6-4-7(13-10-6)5-9-3-2-8(11)12/h4,9H,2-3,5H2,1H3,(H,11,12). The summed E-state index contributed by atoms with van der Waals surface area (Å²) in [6.45, 7) is 2.80. The molecule has 72 valence electrons. The minimum atomic E-state index is -0.804. The lowest BCUT2D eigenvalue weighted by molar-refractivity contribution is -0.136. The molecule has 13 heavy (non-hydrogen) atoms. The molecule has 0 bridgehead atoms. The molecule has 0 saturated carbocycles. The molecule has 0 amide bonds. The molecule has 0 aliphatic carbocycles. The SMILES string of the molecule is Cc1cc(CNCCC(=O)O)on1. The van der Waals surface area contributed by atoms with E-state index in [1.54, 1.807) is 0 Å². The van der Waals surface area contributed by atoms with Crippen LogP contribution in [0.15, 0.2) is 10.6 Å². The Bertz CT molecular complexity index is 283. The van der Waals surface area contributed by atoms with Crippen LogP contribution in [0.25, 0.3) is 0 Å². The fourth-order valence-corrected chi connectivity index (χ4v) is 0.907. The predicted molar refractivity (Wildman–Crippen MR) is 45.2 cm³/mol. The summed E-state index contributed by atoms with van der Waals surface area (Å²) < 4.78 is 4.91. The molecule has 1 heterocycles. The molecule has 0 atom stereocenters. The smallest absolute Gasteiger partial charge is 0.304 e. The highest BCUT2D eigenvalue weighted by Gasteiger charge is 2.00. The molecule has 5 heteroatoms. The van der Waals surface area contributed by atoms with Gasteiger partial charge in [0.15, 0.2) is 5.76 Å². The summed E-state index contributed by atoms with van der Waals surface area (Å²) in [5, 5.41) is 15.0. The number of aryl methyl sites for hydroxylation is 1. The highest BCUT2D eigenvalue weighted by atomic mass is 16.5. The number of hydrogen-bond donors (Lipinski definition) is 2. The van der Waals surface area contributed by atoms with E-state index in [0.29, 0.717) is 13.1 Å². The zero-order chi connectivity index (χ0) is 9.68. The number of aliphatic carboxylic acids is 1. The lowest BCUT2D eigenvalue weighted by atomic mass is 10.3. The molecule has 0 radical (unpaired) electrons. The number of nitrogens with one attached hydrogen (secondary N) is 1. The molecular weight excluding hydrogens is 172 g/mol. The number of carbonyl (C=O) groups is 1. The van der Waals surface area contributed by atoms with Crippen LogP contribution in [0.2, 0.25) is 0 Å². The fourth-order valence-electron chi connectivity index (χ4n) is 0.907. The average Bonchev–Trinajstić information content (AvgIpc) is 2.45. The van der Waals surface area contributed by atoms with Crippen molar-refractivity contribution in [1.82, 2.24) is 10.5 Å². The Morgan fingerprint density at radius 2 is 2.54 bits per heavy atom. The zero-order valence-electron chi connectivity index (χ0n) is 7.41. The second kappa shape index (κ2) is 4.61. The predicted octanol–water partition coefficient (Wildman–Crippen LogP) is 0.547. The summed E-state index contributed by atoms with van der Waals surface area (Å²) in [7, 11) is 0. The normalized spacial score (nSPS) is 10.2. The lowest BCUT2D eigenvalue weighted by Gasteiger charge is -1.97. The van der Waals surface area contributed by atoms with Crippen LogP contribution >= 0.6 is 0 Å². The third-order valence-corrected chi connectivity index (χ3v) is 1.49. The van der Waals surface area contributed by atoms with Gasteiger partial charge in [-0.3, -0.25) is 4.79 Å². The van der Waals surface area contributed by atoms with Crippen molar-refractivity contribution in [2.24, 2.45) is 0 Å². The van der Waals surface area contributed by atoms with E-state index in [0.717, 1.165) is 11.5 Å². The van der Waals surface area contributed by atoms with Crippen molar-refractivity contribution in [2.75, 3.05) is 6.54 Å². The summed E-state index contributed by atoms with van der Waals surface area (Å²) in [6.07, 6.45) is 0.118. The second-order valence-corrected chi connectivity index (χ2v) is 2.76. The van der Waals surface area contributed by atoms with Crippen LogP contribution in [-0.4, -0.2) is 22.8 Å². The largest absolute Gasteiger partial charge is 0.481 e. The Hall–Kier alpha value is -1.36. The van der Waals surface area contributed by atoms with Gasteiger partial charge in [-0.1, -0.05) is 5.16 Å². The third kappa shape index (κ3) is 3.71. The van der Waals surface area contributed by atoms with E-state index < -0.39 is 5.97 Å². The molecule has 0 fully saturated rings. The topological polar surface area (TPSA) is 75.4 Å². The van der Waals surface area contributed by atoms with E-state index >= 15 is 0 Å². The molecule has 0 aromatic carbocycles. The van der Waals surface area contributed by atoms with Gasteiger partial charge in [0.25, 0.3) is 0 Å². The quantitative estimate of drug-likeness (QED) is 0.653. The van der Waals surface area contributed by atoms with Gasteiger partial charge < -0.3 is 14.9 Å². The highest BCUT2D eigenvalue weighted by molar-refractivity contribution is 5.66. The molecule has 0 spiro atoms. The van der Waals surface area contributed by atoms with Gasteiger partial charge in [-0.2, -0.15) is 0 Å². The zero-order valence-corrected chi connectivity index (χ0v) is 7.41. The Morgan fingerprint density at radius 3 is 3.08 bits per heavy atom. The first kappa shape index (κ1) is 9.73. The lowest BCUT2D eigenvalue weighted by Crippen LogP contribution is -2.17. The number of carboxylic acids is 1. The minimum Gasteiger partial charge on any atom is -0.481 e. The van der Waals surface area contributed by atoms with Gasteiger partial charge in [-0.15, -0.1) is 0 Å². The Morgan fingerprint density at radius 1 is 1.77 bits per heavy atom. The maximum absolute atomic E-state index is 10.1. The van der Waals surface area contributed by atoms with Crippen molar-refractivity contribution in [3.63, 3.8) is 0 Å². The second-order valence-electron chi connectivity index (χ2n) is 2.76. The van der Waals surface area contributed by atoms with Gasteiger partial charge in [0, 0.05) is 12.6 Å². The monoisotopic (exact) mass is 184 g/mol. The van der Waals surface area contributed by atoms with E-state index in [-0.39, 0.29) is 6.42 Å². The number of carboxylic acid groups (broad SMARTS) is 1. The fraction of sp³-hybridized carbons (Fsp3) is 0.500. The minimum absolute atomic E-state index is 0.118. The van der Waals surface area contributed by atoms with Gasteiger partial charge in [0.05, 0.1) is 18.7 Å². The van der Waals surface area contributed by atoms with Gasteiger partial charge in [-0.25, -0.2) is 0 Å². The number of rotatable bonds is 5. The van der Waals surface area contributed by atoms with Crippen molar-refractivity contribution in [3.8, 4) is 0 Å². The van der Waals surface area contributed by atoms with Gasteiger partial charge in [0.1, 0.15) is 0 Å². The molecule has 0 aliphatic rings. The van der Waals surface area contributed by atoms with E-state index in [1.165, 1.54) is 0 Å². The van der Waals surface area contributed by atoms with Crippen LogP contribution < -0.4 is 5.32 Å². The molecule has 5 nitrogen and oxygen atoms in total. The molecular formula is C8H12N2O3. The van der Waals surface area contributed by atoms with Crippen molar-refractivity contribution >= 4 is 5.97 Å². The summed E-state index contributed by atoms with van der Waals surface area (Å²) in [6, 6.07) is 1.81. The maximum Gasteiger partial charge on any atom is 0.304 e. The van der Waals surface area contributed by atoms with Crippen LogP contribution in [0.4, 0.5) is 0 Å². The van der Waals surface area contributed by atoms with E-state index in [2.05, 4.69) is 10.5 Å². The van der Waals surface area contributed by atoms with Gasteiger partial charge in [0.2, 0.25) is 0 Å². The number of nitrogens with zero attached hydrogens (tertiary/aromatic N) is 1. The Balaban J connectivity index is 2.16. The van der Waals surface area contributed by atoms with E-state index in [9.17, 15) is 4.79 Å². The Labute approximate surface area is 75.7 Å². The van der Waals surface area contributed by atoms with Crippen molar-refractivity contribution < 1.29 is 14.4 Å². The summed E-state index contributed by atoms with van der Waals surface area (Å²) >= 11 is 0. The van der Waals surface area contributed by atoms with Crippen LogP contribution in [0.1, 0.15) is 17.9 Å². The molecule has 0 unspecified atom stereocenters. The van der Waals surface area contributed by atoms with Crippen LogP contribution in [0, 0.1) is 6.92 Å². The molecule has 1 aromatic heterocycles. The number of aromatic nitrogens is 1. The highest BCUT2D eigenvalue weighted by Crippen LogP contribution is 2.00. The van der Waals surface area contributed by atoms with E-state index in [1.807, 2.05) is 13.0 Å². The molecule has 0 saturated heterocycles. The van der Waals surface area contributed by atoms with Crippen molar-refractivity contribution in [3.05, 3.63) is 17.5 Å². The van der Waals surface area contributed by atoms with Crippen LogP contribution in [0.5, 0.6) is 0 Å². The summed E-state index contributed by atoms with van der Waals surface area (Å²) in [4.78, 5) is 10.1. The molecule has 2 N–H and O–H groups in total. The first-order chi connectivity index (χ1) is 6.18. The maximum atomic E-state index is 10.1. The van der Waals surface area contributed by atoms with Crippen molar-refractivity contribution in [1.29, 1.82) is 0 Å². The summed E-state index contributed by atoms with van der Waals surface area (Å²) in [5.74, 6) is -0.0795. The molecule has 0 aliphatic heterocycles. The third-order valence-electron chi connectivity index (χ3n) is 1.49. The summed E-state index contributed by atoms with van der Waals surface area (Å²) in [5.41, 5.74) is 0.829. The van der Waals surface area contributed by atoms with Crippen LogP contribution in [-0.2, 0) is 11.3 Å². The van der Waals surface area contributed by atoms with Gasteiger partial charge in [-0.05, 0) is 6.92 Å². The first-order valence-electron chi connectivity index (χ1n) is 4.03. The Kier molecular flexibility index (Phi) is 3.45. The average molecular weight is 184 g/mol. The molecule has 1 aromatic rings. The number of hydrogen-bond acceptors (Lipinski definition) is 4.